The van der Waals surface area contributed by atoms with Crippen molar-refractivity contribution in [2.45, 2.75) is 18.5 Å². The Morgan fingerprint density at radius 3 is 2.80 bits per heavy atom. The minimum absolute atomic E-state index is 0.100. The van der Waals surface area contributed by atoms with E-state index in [-0.39, 0.29) is 11.4 Å². The molecule has 4 nitrogen and oxygen atoms in total. The van der Waals surface area contributed by atoms with Crippen LogP contribution in [0.3, 0.4) is 0 Å². The minimum Gasteiger partial charge on any atom is -0.381 e. The molecule has 0 spiro atoms. The number of hydrogen-bond donors (Lipinski definition) is 1. The van der Waals surface area contributed by atoms with Crippen LogP contribution in [0.2, 0.25) is 0 Å². The van der Waals surface area contributed by atoms with Crippen molar-refractivity contribution in [3.05, 3.63) is 39.9 Å². The second-order valence-corrected chi connectivity index (χ2v) is 4.72. The van der Waals surface area contributed by atoms with E-state index in [1.165, 1.54) is 6.07 Å². The van der Waals surface area contributed by atoms with Gasteiger partial charge < -0.3 is 9.72 Å². The van der Waals surface area contributed by atoms with Crippen molar-refractivity contribution in [2.75, 3.05) is 13.2 Å². The van der Waals surface area contributed by atoms with Crippen molar-refractivity contribution in [2.24, 2.45) is 0 Å². The molecule has 1 unspecified atom stereocenters. The van der Waals surface area contributed by atoms with Crippen LogP contribution in [0.15, 0.2) is 23.0 Å². The molecule has 20 heavy (non-hydrogen) atoms. The summed E-state index contributed by atoms with van der Waals surface area (Å²) in [5.41, 5.74) is -1.48. The lowest BCUT2D eigenvalue weighted by atomic mass is 9.98. The molecule has 2 aromatic rings. The highest BCUT2D eigenvalue weighted by Crippen LogP contribution is 2.36. The predicted octanol–water partition coefficient (Wildman–Crippen LogP) is 2.45. The standard InChI is InChI=1S/C13H11F3N2O2/c14-13(15,16)9-3-1-2-8-10(7-4-5-20-6-7)17-12(19)18-11(8)9/h1-3,7H,4-6H2,(H,17,18,19). The maximum atomic E-state index is 13.0. The Bertz CT molecular complexity index is 703. The van der Waals surface area contributed by atoms with Crippen LogP contribution in [0.25, 0.3) is 10.9 Å². The Kier molecular flexibility index (Phi) is 3.01. The lowest BCUT2D eigenvalue weighted by Gasteiger charge is -2.14. The Morgan fingerprint density at radius 1 is 1.35 bits per heavy atom. The van der Waals surface area contributed by atoms with Gasteiger partial charge in [-0.2, -0.15) is 18.2 Å². The van der Waals surface area contributed by atoms with Crippen LogP contribution < -0.4 is 5.69 Å². The third-order valence-electron chi connectivity index (χ3n) is 3.42. The minimum atomic E-state index is -4.54. The van der Waals surface area contributed by atoms with E-state index in [0.717, 1.165) is 6.07 Å². The first-order valence-corrected chi connectivity index (χ1v) is 6.14. The summed E-state index contributed by atoms with van der Waals surface area (Å²) in [6.45, 7) is 0.931. The van der Waals surface area contributed by atoms with E-state index >= 15 is 0 Å². The van der Waals surface area contributed by atoms with E-state index in [4.69, 9.17) is 4.74 Å². The number of aromatic nitrogens is 2. The van der Waals surface area contributed by atoms with Gasteiger partial charge in [0.15, 0.2) is 0 Å². The summed E-state index contributed by atoms with van der Waals surface area (Å²) in [6.07, 6.45) is -3.87. The van der Waals surface area contributed by atoms with Gasteiger partial charge in [0.25, 0.3) is 0 Å². The molecule has 0 saturated carbocycles. The van der Waals surface area contributed by atoms with Crippen LogP contribution in [-0.4, -0.2) is 23.2 Å². The van der Waals surface area contributed by atoms with Crippen molar-refractivity contribution in [1.82, 2.24) is 9.97 Å². The van der Waals surface area contributed by atoms with Gasteiger partial charge >= 0.3 is 11.9 Å². The van der Waals surface area contributed by atoms with Crippen LogP contribution in [-0.2, 0) is 10.9 Å². The summed E-state index contributed by atoms with van der Waals surface area (Å²) in [5.74, 6) is -0.100. The summed E-state index contributed by atoms with van der Waals surface area (Å²) in [7, 11) is 0. The van der Waals surface area contributed by atoms with Gasteiger partial charge in [0.2, 0.25) is 0 Å². The smallest absolute Gasteiger partial charge is 0.381 e. The molecular formula is C13H11F3N2O2. The molecule has 7 heteroatoms. The fourth-order valence-electron chi connectivity index (χ4n) is 2.51. The normalized spacial score (nSPS) is 19.6. The zero-order valence-electron chi connectivity index (χ0n) is 10.3. The molecule has 1 aliphatic rings. The number of halogens is 3. The number of alkyl halides is 3. The highest BCUT2D eigenvalue weighted by molar-refractivity contribution is 5.84. The molecule has 0 radical (unpaired) electrons. The Morgan fingerprint density at radius 2 is 2.15 bits per heavy atom. The lowest BCUT2D eigenvalue weighted by Crippen LogP contribution is -2.18. The molecule has 1 saturated heterocycles. The van der Waals surface area contributed by atoms with Crippen molar-refractivity contribution in [3.63, 3.8) is 0 Å². The van der Waals surface area contributed by atoms with Gasteiger partial charge in [-0.05, 0) is 12.5 Å². The first-order chi connectivity index (χ1) is 9.47. The highest BCUT2D eigenvalue weighted by atomic mass is 19.4. The van der Waals surface area contributed by atoms with Crippen LogP contribution in [0, 0.1) is 0 Å². The van der Waals surface area contributed by atoms with E-state index in [0.29, 0.717) is 30.7 Å². The highest BCUT2D eigenvalue weighted by Gasteiger charge is 2.34. The van der Waals surface area contributed by atoms with E-state index in [1.54, 1.807) is 6.07 Å². The largest absolute Gasteiger partial charge is 0.418 e. The quantitative estimate of drug-likeness (QED) is 0.875. The SMILES string of the molecule is O=c1nc2c(C(F)(F)F)cccc2c(C2CCOC2)[nH]1. The number of fused-ring (bicyclic) bond motifs is 1. The Labute approximate surface area is 111 Å². The van der Waals surface area contributed by atoms with Gasteiger partial charge in [0.05, 0.1) is 17.7 Å². The molecule has 0 amide bonds. The molecule has 1 atom stereocenters. The molecule has 1 aromatic carbocycles. The van der Waals surface area contributed by atoms with Crippen molar-refractivity contribution in [3.8, 4) is 0 Å². The van der Waals surface area contributed by atoms with E-state index in [9.17, 15) is 18.0 Å². The maximum absolute atomic E-state index is 13.0. The third kappa shape index (κ3) is 2.18. The average Bonchev–Trinajstić information content (AvgIpc) is 2.89. The molecule has 0 bridgehead atoms. The molecule has 1 N–H and O–H groups in total. The summed E-state index contributed by atoms with van der Waals surface area (Å²) >= 11 is 0. The number of nitrogens with zero attached hydrogens (tertiary/aromatic N) is 1. The average molecular weight is 284 g/mol. The Hall–Kier alpha value is -1.89. The monoisotopic (exact) mass is 284 g/mol. The molecule has 1 fully saturated rings. The second-order valence-electron chi connectivity index (χ2n) is 4.72. The van der Waals surface area contributed by atoms with Crippen LogP contribution in [0.5, 0.6) is 0 Å². The zero-order chi connectivity index (χ0) is 14.3. The first-order valence-electron chi connectivity index (χ1n) is 6.14. The third-order valence-corrected chi connectivity index (χ3v) is 3.42. The molecule has 0 aliphatic carbocycles. The van der Waals surface area contributed by atoms with Gasteiger partial charge in [0, 0.05) is 23.6 Å². The number of aromatic amines is 1. The van der Waals surface area contributed by atoms with Crippen molar-refractivity contribution >= 4 is 10.9 Å². The number of H-pyrrole nitrogens is 1. The maximum Gasteiger partial charge on any atom is 0.418 e. The van der Waals surface area contributed by atoms with E-state index in [2.05, 4.69) is 9.97 Å². The number of para-hydroxylation sites is 1. The number of nitrogens with one attached hydrogen (secondary N) is 1. The van der Waals surface area contributed by atoms with E-state index < -0.39 is 17.4 Å². The van der Waals surface area contributed by atoms with E-state index in [1.807, 2.05) is 0 Å². The Balaban J connectivity index is 2.30. The van der Waals surface area contributed by atoms with Crippen molar-refractivity contribution < 1.29 is 17.9 Å². The summed E-state index contributed by atoms with van der Waals surface area (Å²) < 4.78 is 44.2. The number of hydrogen-bond acceptors (Lipinski definition) is 3. The van der Waals surface area contributed by atoms with Gasteiger partial charge in [-0.15, -0.1) is 0 Å². The first kappa shape index (κ1) is 13.1. The summed E-state index contributed by atoms with van der Waals surface area (Å²) in [4.78, 5) is 17.6. The molecule has 3 rings (SSSR count). The van der Waals surface area contributed by atoms with Gasteiger partial charge in [0.1, 0.15) is 0 Å². The number of benzene rings is 1. The van der Waals surface area contributed by atoms with Gasteiger partial charge in [-0.1, -0.05) is 12.1 Å². The second kappa shape index (κ2) is 4.59. The topological polar surface area (TPSA) is 55.0 Å². The van der Waals surface area contributed by atoms with Crippen molar-refractivity contribution in [1.29, 1.82) is 0 Å². The number of ether oxygens (including phenoxy) is 1. The predicted molar refractivity (Wildman–Crippen MR) is 65.5 cm³/mol. The number of rotatable bonds is 1. The zero-order valence-corrected chi connectivity index (χ0v) is 10.3. The molecule has 2 heterocycles. The molecular weight excluding hydrogens is 273 g/mol. The fourth-order valence-corrected chi connectivity index (χ4v) is 2.51. The lowest BCUT2D eigenvalue weighted by molar-refractivity contribution is -0.136. The van der Waals surface area contributed by atoms with Gasteiger partial charge in [-0.25, -0.2) is 4.79 Å². The van der Waals surface area contributed by atoms with Crippen LogP contribution >= 0.6 is 0 Å². The summed E-state index contributed by atoms with van der Waals surface area (Å²) in [5, 5.41) is 0.329. The fraction of sp³-hybridized carbons (Fsp3) is 0.385. The van der Waals surface area contributed by atoms with Crippen LogP contribution in [0.1, 0.15) is 23.6 Å². The van der Waals surface area contributed by atoms with Crippen LogP contribution in [0.4, 0.5) is 13.2 Å². The molecule has 1 aromatic heterocycles. The van der Waals surface area contributed by atoms with Gasteiger partial charge in [-0.3, -0.25) is 0 Å². The molecule has 106 valence electrons. The molecule has 1 aliphatic heterocycles. The summed E-state index contributed by atoms with van der Waals surface area (Å²) in [6, 6.07) is 3.80.